The maximum Gasteiger partial charge on any atom is 0.150 e. The molecule has 0 bridgehead atoms. The van der Waals surface area contributed by atoms with Crippen LogP contribution >= 0.6 is 24.0 Å². The summed E-state index contributed by atoms with van der Waals surface area (Å²) >= 11 is 5.82. The quantitative estimate of drug-likeness (QED) is 0.629. The van der Waals surface area contributed by atoms with Crippen molar-refractivity contribution in [3.05, 3.63) is 58.6 Å². The topological polar surface area (TPSA) is 73.4 Å². The normalized spacial score (nSPS) is 10.1. The highest BCUT2D eigenvalue weighted by molar-refractivity contribution is 6.30. The predicted octanol–water partition coefficient (Wildman–Crippen LogP) is 3.49. The molecule has 0 amide bonds. The van der Waals surface area contributed by atoms with Gasteiger partial charge in [-0.15, -0.1) is 12.4 Å². The number of benzene rings is 1. The van der Waals surface area contributed by atoms with Crippen LogP contribution in [0.4, 0.5) is 0 Å². The van der Waals surface area contributed by atoms with E-state index in [1.54, 1.807) is 6.08 Å². The molecule has 4 nitrogen and oxygen atoms in total. The van der Waals surface area contributed by atoms with Gasteiger partial charge >= 0.3 is 0 Å². The first kappa shape index (κ1) is 15.7. The van der Waals surface area contributed by atoms with Crippen molar-refractivity contribution in [1.29, 1.82) is 10.5 Å². The number of hydrogen-bond acceptors (Lipinski definition) is 4. The fourth-order valence-electron chi connectivity index (χ4n) is 1.54. The van der Waals surface area contributed by atoms with E-state index in [2.05, 4.69) is 9.97 Å². The monoisotopic (exact) mass is 302 g/mol. The first-order chi connectivity index (χ1) is 9.26. The Bertz CT molecular complexity index is 712. The van der Waals surface area contributed by atoms with Gasteiger partial charge in [-0.3, -0.25) is 0 Å². The molecule has 0 N–H and O–H groups in total. The van der Waals surface area contributed by atoms with Crippen LogP contribution in [0.3, 0.4) is 0 Å². The Hall–Kier alpha value is -2.40. The Labute approximate surface area is 127 Å². The predicted molar refractivity (Wildman–Crippen MR) is 78.9 cm³/mol. The zero-order chi connectivity index (χ0) is 13.7. The number of halogens is 2. The van der Waals surface area contributed by atoms with Crippen LogP contribution in [0, 0.1) is 22.7 Å². The van der Waals surface area contributed by atoms with E-state index in [4.69, 9.17) is 16.9 Å². The number of allylic oxidation sites excluding steroid dienone is 1. The second-order valence-corrected chi connectivity index (χ2v) is 3.94. The highest BCUT2D eigenvalue weighted by atomic mass is 35.5. The molecule has 0 unspecified atom stereocenters. The molecular weight excluding hydrogens is 295 g/mol. The lowest BCUT2D eigenvalue weighted by Gasteiger charge is -2.02. The molecule has 0 atom stereocenters. The molecule has 0 aliphatic rings. The SMILES string of the molecule is Cl.N#CC(=Cc1ccccc1)c1ncnc(Cl)c1C#N. The van der Waals surface area contributed by atoms with E-state index in [9.17, 15) is 5.26 Å². The molecule has 1 aromatic carbocycles. The van der Waals surface area contributed by atoms with Gasteiger partial charge in [-0.05, 0) is 11.6 Å². The van der Waals surface area contributed by atoms with Crippen molar-refractivity contribution in [3.63, 3.8) is 0 Å². The molecule has 0 aliphatic carbocycles. The average molecular weight is 303 g/mol. The van der Waals surface area contributed by atoms with Gasteiger partial charge in [-0.25, -0.2) is 9.97 Å². The Morgan fingerprint density at radius 2 is 1.85 bits per heavy atom. The Balaban J connectivity index is 0.00000200. The third-order valence-electron chi connectivity index (χ3n) is 2.40. The van der Waals surface area contributed by atoms with Crippen molar-refractivity contribution in [2.75, 3.05) is 0 Å². The first-order valence-electron chi connectivity index (χ1n) is 5.34. The molecular formula is C14H8Cl2N4. The van der Waals surface area contributed by atoms with Crippen molar-refractivity contribution >= 4 is 35.7 Å². The number of hydrogen-bond donors (Lipinski definition) is 0. The summed E-state index contributed by atoms with van der Waals surface area (Å²) in [6.07, 6.45) is 2.88. The van der Waals surface area contributed by atoms with Crippen LogP contribution in [0.25, 0.3) is 11.6 Å². The van der Waals surface area contributed by atoms with Crippen LogP contribution in [0.2, 0.25) is 5.15 Å². The van der Waals surface area contributed by atoms with E-state index in [1.807, 2.05) is 42.5 Å². The maximum absolute atomic E-state index is 9.22. The van der Waals surface area contributed by atoms with Gasteiger partial charge in [0.15, 0.2) is 5.15 Å². The summed E-state index contributed by atoms with van der Waals surface area (Å²) in [5.74, 6) is 0. The van der Waals surface area contributed by atoms with Crippen molar-refractivity contribution in [2.24, 2.45) is 0 Å². The molecule has 1 heterocycles. The average Bonchev–Trinajstić information content (AvgIpc) is 2.45. The number of nitrogens with zero attached hydrogens (tertiary/aromatic N) is 4. The van der Waals surface area contributed by atoms with Crippen molar-refractivity contribution < 1.29 is 0 Å². The van der Waals surface area contributed by atoms with Crippen LogP contribution in [0.1, 0.15) is 16.8 Å². The molecule has 2 aromatic rings. The molecule has 0 fully saturated rings. The number of aromatic nitrogens is 2. The summed E-state index contributed by atoms with van der Waals surface area (Å²) < 4.78 is 0. The minimum atomic E-state index is 0. The Kier molecular flexibility index (Phi) is 5.68. The van der Waals surface area contributed by atoms with Crippen molar-refractivity contribution in [2.45, 2.75) is 0 Å². The zero-order valence-electron chi connectivity index (χ0n) is 10.1. The molecule has 0 spiro atoms. The lowest BCUT2D eigenvalue weighted by molar-refractivity contribution is 1.13. The van der Waals surface area contributed by atoms with Crippen molar-refractivity contribution in [3.8, 4) is 12.1 Å². The number of nitriles is 2. The molecule has 6 heteroatoms. The highest BCUT2D eigenvalue weighted by Crippen LogP contribution is 2.22. The summed E-state index contributed by atoms with van der Waals surface area (Å²) in [7, 11) is 0. The van der Waals surface area contributed by atoms with Gasteiger partial charge in [-0.1, -0.05) is 41.9 Å². The van der Waals surface area contributed by atoms with Crippen LogP contribution < -0.4 is 0 Å². The van der Waals surface area contributed by atoms with E-state index >= 15 is 0 Å². The minimum absolute atomic E-state index is 0. The van der Waals surface area contributed by atoms with Gasteiger partial charge in [0.1, 0.15) is 29.7 Å². The standard InChI is InChI=1S/C14H7ClN4.ClH/c15-14-12(8-17)13(18-9-19-14)11(7-16)6-10-4-2-1-3-5-10;/h1-6,9H;1H. The molecule has 2 rings (SSSR count). The Morgan fingerprint density at radius 1 is 1.15 bits per heavy atom. The van der Waals surface area contributed by atoms with E-state index in [1.165, 1.54) is 6.33 Å². The van der Waals surface area contributed by atoms with E-state index in [-0.39, 0.29) is 34.4 Å². The van der Waals surface area contributed by atoms with Crippen LogP contribution in [-0.2, 0) is 0 Å². The first-order valence-corrected chi connectivity index (χ1v) is 5.72. The summed E-state index contributed by atoms with van der Waals surface area (Å²) in [5, 5.41) is 18.3. The van der Waals surface area contributed by atoms with Gasteiger partial charge in [0, 0.05) is 0 Å². The molecule has 0 saturated heterocycles. The van der Waals surface area contributed by atoms with Gasteiger partial charge in [-0.2, -0.15) is 10.5 Å². The fourth-order valence-corrected chi connectivity index (χ4v) is 1.71. The Morgan fingerprint density at radius 3 is 2.45 bits per heavy atom. The fraction of sp³-hybridized carbons (Fsp3) is 0. The third kappa shape index (κ3) is 3.33. The van der Waals surface area contributed by atoms with Crippen molar-refractivity contribution in [1.82, 2.24) is 9.97 Å². The molecule has 1 aromatic heterocycles. The molecule has 0 saturated carbocycles. The van der Waals surface area contributed by atoms with Gasteiger partial charge < -0.3 is 0 Å². The van der Waals surface area contributed by atoms with Gasteiger partial charge in [0.2, 0.25) is 0 Å². The van der Waals surface area contributed by atoms with Crippen LogP contribution in [-0.4, -0.2) is 9.97 Å². The minimum Gasteiger partial charge on any atom is -0.234 e. The summed E-state index contributed by atoms with van der Waals surface area (Å²) in [6, 6.07) is 13.3. The summed E-state index contributed by atoms with van der Waals surface area (Å²) in [5.41, 5.74) is 1.46. The second kappa shape index (κ2) is 7.25. The zero-order valence-corrected chi connectivity index (χ0v) is 11.7. The van der Waals surface area contributed by atoms with Crippen LogP contribution in [0.15, 0.2) is 36.7 Å². The van der Waals surface area contributed by atoms with Gasteiger partial charge in [0.25, 0.3) is 0 Å². The second-order valence-electron chi connectivity index (χ2n) is 3.58. The molecule has 98 valence electrons. The lowest BCUT2D eigenvalue weighted by Crippen LogP contribution is -1.96. The molecule has 20 heavy (non-hydrogen) atoms. The summed E-state index contributed by atoms with van der Waals surface area (Å²) in [4.78, 5) is 7.70. The van der Waals surface area contributed by atoms with E-state index in [0.29, 0.717) is 0 Å². The highest BCUT2D eigenvalue weighted by Gasteiger charge is 2.13. The smallest absolute Gasteiger partial charge is 0.150 e. The van der Waals surface area contributed by atoms with E-state index < -0.39 is 0 Å². The summed E-state index contributed by atoms with van der Waals surface area (Å²) in [6.45, 7) is 0. The van der Waals surface area contributed by atoms with Gasteiger partial charge in [0.05, 0.1) is 5.57 Å². The molecule has 0 radical (unpaired) electrons. The maximum atomic E-state index is 9.22. The molecule has 0 aliphatic heterocycles. The van der Waals surface area contributed by atoms with Crippen LogP contribution in [0.5, 0.6) is 0 Å². The van der Waals surface area contributed by atoms with E-state index in [0.717, 1.165) is 5.56 Å². The number of rotatable bonds is 2. The largest absolute Gasteiger partial charge is 0.234 e. The third-order valence-corrected chi connectivity index (χ3v) is 2.69. The lowest BCUT2D eigenvalue weighted by atomic mass is 10.1.